The number of aromatic nitrogens is 2. The standard InChI is InChI=1S/C18H19N5O/c1-22(2)15-9-7-14(8-10-15)11-20-21-18(24)12-23-13-19-16-5-3-4-6-17(16)23/h3-11,13H,12H2,1-2H3,(H,21,24)/b20-11+. The van der Waals surface area contributed by atoms with Gasteiger partial charge in [-0.3, -0.25) is 4.79 Å². The Hall–Kier alpha value is -3.15. The predicted molar refractivity (Wildman–Crippen MR) is 96.2 cm³/mol. The molecule has 0 saturated heterocycles. The average molecular weight is 321 g/mol. The number of para-hydroxylation sites is 2. The summed E-state index contributed by atoms with van der Waals surface area (Å²) in [5, 5.41) is 4.00. The van der Waals surface area contributed by atoms with Crippen molar-refractivity contribution in [2.24, 2.45) is 5.10 Å². The van der Waals surface area contributed by atoms with Gasteiger partial charge in [-0.2, -0.15) is 5.10 Å². The van der Waals surface area contributed by atoms with Crippen molar-refractivity contribution < 1.29 is 4.79 Å². The summed E-state index contributed by atoms with van der Waals surface area (Å²) in [4.78, 5) is 18.3. The van der Waals surface area contributed by atoms with Crippen LogP contribution in [0.5, 0.6) is 0 Å². The smallest absolute Gasteiger partial charge is 0.260 e. The van der Waals surface area contributed by atoms with Crippen molar-refractivity contribution >= 4 is 28.8 Å². The average Bonchev–Trinajstić information content (AvgIpc) is 2.98. The van der Waals surface area contributed by atoms with E-state index in [9.17, 15) is 4.79 Å². The van der Waals surface area contributed by atoms with E-state index >= 15 is 0 Å². The lowest BCUT2D eigenvalue weighted by Gasteiger charge is -2.11. The molecule has 0 aliphatic heterocycles. The van der Waals surface area contributed by atoms with Gasteiger partial charge in [0.1, 0.15) is 6.54 Å². The van der Waals surface area contributed by atoms with E-state index in [1.54, 1.807) is 17.1 Å². The van der Waals surface area contributed by atoms with Crippen LogP contribution in [0.4, 0.5) is 5.69 Å². The number of nitrogens with zero attached hydrogens (tertiary/aromatic N) is 4. The van der Waals surface area contributed by atoms with Crippen molar-refractivity contribution in [1.29, 1.82) is 0 Å². The predicted octanol–water partition coefficient (Wildman–Crippen LogP) is 2.25. The fourth-order valence-electron chi connectivity index (χ4n) is 2.36. The number of nitrogens with one attached hydrogen (secondary N) is 1. The van der Waals surface area contributed by atoms with E-state index in [-0.39, 0.29) is 12.5 Å². The first-order valence-electron chi connectivity index (χ1n) is 7.62. The Balaban J connectivity index is 1.59. The highest BCUT2D eigenvalue weighted by molar-refractivity contribution is 5.84. The molecule has 1 N–H and O–H groups in total. The summed E-state index contributed by atoms with van der Waals surface area (Å²) < 4.78 is 1.80. The minimum absolute atomic E-state index is 0.178. The number of fused-ring (bicyclic) bond motifs is 1. The lowest BCUT2D eigenvalue weighted by atomic mass is 10.2. The maximum absolute atomic E-state index is 12.0. The summed E-state index contributed by atoms with van der Waals surface area (Å²) in [6.45, 7) is 0.178. The molecule has 1 amide bonds. The van der Waals surface area contributed by atoms with Crippen LogP contribution >= 0.6 is 0 Å². The van der Waals surface area contributed by atoms with Crippen molar-refractivity contribution in [2.45, 2.75) is 6.54 Å². The molecule has 0 aliphatic rings. The normalized spacial score (nSPS) is 11.1. The number of hydrogen-bond acceptors (Lipinski definition) is 4. The molecule has 0 fully saturated rings. The molecular formula is C18H19N5O. The van der Waals surface area contributed by atoms with Gasteiger partial charge in [-0.25, -0.2) is 10.4 Å². The summed E-state index contributed by atoms with van der Waals surface area (Å²) in [7, 11) is 3.98. The van der Waals surface area contributed by atoms with Crippen molar-refractivity contribution in [2.75, 3.05) is 19.0 Å². The third-order valence-electron chi connectivity index (χ3n) is 3.65. The van der Waals surface area contributed by atoms with E-state index in [0.29, 0.717) is 0 Å². The Morgan fingerprint density at radius 2 is 1.96 bits per heavy atom. The van der Waals surface area contributed by atoms with Crippen molar-refractivity contribution in [3.8, 4) is 0 Å². The summed E-state index contributed by atoms with van der Waals surface area (Å²) in [6.07, 6.45) is 3.29. The van der Waals surface area contributed by atoms with Crippen molar-refractivity contribution in [3.63, 3.8) is 0 Å². The van der Waals surface area contributed by atoms with Gasteiger partial charge in [0.05, 0.1) is 23.6 Å². The second kappa shape index (κ2) is 6.95. The topological polar surface area (TPSA) is 62.5 Å². The van der Waals surface area contributed by atoms with E-state index in [0.717, 1.165) is 22.3 Å². The van der Waals surface area contributed by atoms with Crippen molar-refractivity contribution in [1.82, 2.24) is 15.0 Å². The molecule has 0 bridgehead atoms. The molecule has 2 aromatic carbocycles. The van der Waals surface area contributed by atoms with Gasteiger partial charge in [0.15, 0.2) is 0 Å². The SMILES string of the molecule is CN(C)c1ccc(/C=N/NC(=O)Cn2cnc3ccccc32)cc1. The highest BCUT2D eigenvalue weighted by Crippen LogP contribution is 2.12. The van der Waals surface area contributed by atoms with Crippen LogP contribution in [0.25, 0.3) is 11.0 Å². The fourth-order valence-corrected chi connectivity index (χ4v) is 2.36. The largest absolute Gasteiger partial charge is 0.378 e. The number of carbonyl (C=O) groups is 1. The molecular weight excluding hydrogens is 302 g/mol. The van der Waals surface area contributed by atoms with Gasteiger partial charge in [0.2, 0.25) is 0 Å². The molecule has 122 valence electrons. The Morgan fingerprint density at radius 3 is 2.71 bits per heavy atom. The highest BCUT2D eigenvalue weighted by Gasteiger charge is 2.05. The molecule has 0 unspecified atom stereocenters. The number of hydrazone groups is 1. The quantitative estimate of drug-likeness (QED) is 0.579. The minimum atomic E-state index is -0.195. The number of hydrogen-bond donors (Lipinski definition) is 1. The number of imidazole rings is 1. The fraction of sp³-hybridized carbons (Fsp3) is 0.167. The highest BCUT2D eigenvalue weighted by atomic mass is 16.2. The molecule has 0 radical (unpaired) electrons. The van der Waals surface area contributed by atoms with E-state index in [4.69, 9.17) is 0 Å². The zero-order valence-electron chi connectivity index (χ0n) is 13.7. The zero-order valence-corrected chi connectivity index (χ0v) is 13.7. The van der Waals surface area contributed by atoms with Crippen LogP contribution in [0.1, 0.15) is 5.56 Å². The third kappa shape index (κ3) is 3.60. The third-order valence-corrected chi connectivity index (χ3v) is 3.65. The molecule has 0 atom stereocenters. The molecule has 6 heteroatoms. The zero-order chi connectivity index (χ0) is 16.9. The molecule has 6 nitrogen and oxygen atoms in total. The van der Waals surface area contributed by atoms with Crippen LogP contribution in [-0.2, 0) is 11.3 Å². The van der Waals surface area contributed by atoms with Crippen LogP contribution in [0.3, 0.4) is 0 Å². The van der Waals surface area contributed by atoms with Gasteiger partial charge < -0.3 is 9.47 Å². The molecule has 3 aromatic rings. The van der Waals surface area contributed by atoms with Crippen LogP contribution in [0.15, 0.2) is 60.0 Å². The summed E-state index contributed by atoms with van der Waals surface area (Å²) in [6, 6.07) is 15.6. The monoisotopic (exact) mass is 321 g/mol. The first kappa shape index (κ1) is 15.7. The summed E-state index contributed by atoms with van der Waals surface area (Å²) >= 11 is 0. The molecule has 0 spiro atoms. The number of anilines is 1. The van der Waals surface area contributed by atoms with E-state index in [1.807, 2.05) is 67.5 Å². The van der Waals surface area contributed by atoms with Gasteiger partial charge in [-0.1, -0.05) is 24.3 Å². The molecule has 3 rings (SSSR count). The first-order chi connectivity index (χ1) is 11.6. The Bertz CT molecular complexity index is 865. The molecule has 1 heterocycles. The van der Waals surface area contributed by atoms with Gasteiger partial charge in [0.25, 0.3) is 5.91 Å². The van der Waals surface area contributed by atoms with E-state index in [1.165, 1.54) is 0 Å². The Kier molecular flexibility index (Phi) is 4.56. The maximum atomic E-state index is 12.0. The lowest BCUT2D eigenvalue weighted by Crippen LogP contribution is -2.22. The van der Waals surface area contributed by atoms with Crippen LogP contribution in [0, 0.1) is 0 Å². The van der Waals surface area contributed by atoms with E-state index < -0.39 is 0 Å². The van der Waals surface area contributed by atoms with Gasteiger partial charge in [-0.05, 0) is 29.8 Å². The summed E-state index contributed by atoms with van der Waals surface area (Å²) in [5.41, 5.74) is 6.38. The van der Waals surface area contributed by atoms with Gasteiger partial charge in [0, 0.05) is 19.8 Å². The molecule has 0 aliphatic carbocycles. The lowest BCUT2D eigenvalue weighted by molar-refractivity contribution is -0.121. The van der Waals surface area contributed by atoms with Crippen LogP contribution < -0.4 is 10.3 Å². The second-order valence-electron chi connectivity index (χ2n) is 5.64. The van der Waals surface area contributed by atoms with Crippen molar-refractivity contribution in [3.05, 3.63) is 60.4 Å². The molecule has 0 saturated carbocycles. The Morgan fingerprint density at radius 1 is 1.21 bits per heavy atom. The van der Waals surface area contributed by atoms with Gasteiger partial charge >= 0.3 is 0 Å². The summed E-state index contributed by atoms with van der Waals surface area (Å²) in [5.74, 6) is -0.195. The molecule has 24 heavy (non-hydrogen) atoms. The minimum Gasteiger partial charge on any atom is -0.378 e. The number of amides is 1. The first-order valence-corrected chi connectivity index (χ1v) is 7.62. The van der Waals surface area contributed by atoms with Gasteiger partial charge in [-0.15, -0.1) is 0 Å². The van der Waals surface area contributed by atoms with E-state index in [2.05, 4.69) is 15.5 Å². The second-order valence-corrected chi connectivity index (χ2v) is 5.64. The van der Waals surface area contributed by atoms with Crippen LogP contribution in [-0.4, -0.2) is 35.8 Å². The maximum Gasteiger partial charge on any atom is 0.260 e. The van der Waals surface area contributed by atoms with Crippen LogP contribution in [0.2, 0.25) is 0 Å². The molecule has 1 aromatic heterocycles. The number of carbonyl (C=O) groups excluding carboxylic acids is 1. The Labute approximate surface area is 140 Å². The number of rotatable bonds is 5. The number of benzene rings is 2.